The summed E-state index contributed by atoms with van der Waals surface area (Å²) in [4.78, 5) is 19.3. The van der Waals surface area contributed by atoms with E-state index in [0.29, 0.717) is 32.3 Å². The maximum atomic E-state index is 12.8. The standard InChI is InChI=1S/C24H32N4O3.HI/c1-4-25-24(26-16-20-10-9-18(2)15-22(20)31-14-13-30-3)27-17-23(29)28-12-11-19-7-5-6-8-21(19)28;/h5-10,15H,4,11-14,16-17H2,1-3H3,(H2,25,26,27);1H. The number of hydrogen-bond donors (Lipinski definition) is 2. The Bertz CT molecular complexity index is 920. The molecule has 2 aromatic carbocycles. The number of anilines is 1. The molecule has 2 N–H and O–H groups in total. The monoisotopic (exact) mass is 552 g/mol. The van der Waals surface area contributed by atoms with E-state index in [1.807, 2.05) is 55.1 Å². The van der Waals surface area contributed by atoms with Crippen LogP contribution < -0.4 is 20.3 Å². The highest BCUT2D eigenvalue weighted by atomic mass is 127. The molecule has 1 aliphatic rings. The lowest BCUT2D eigenvalue weighted by molar-refractivity contribution is -0.117. The molecule has 0 spiro atoms. The van der Waals surface area contributed by atoms with Crippen molar-refractivity contribution in [2.45, 2.75) is 26.8 Å². The predicted octanol–water partition coefficient (Wildman–Crippen LogP) is 3.28. The normalized spacial score (nSPS) is 12.7. The van der Waals surface area contributed by atoms with Crippen molar-refractivity contribution in [1.29, 1.82) is 0 Å². The number of hydrogen-bond acceptors (Lipinski definition) is 4. The summed E-state index contributed by atoms with van der Waals surface area (Å²) < 4.78 is 10.9. The van der Waals surface area contributed by atoms with E-state index in [2.05, 4.69) is 21.7 Å². The van der Waals surface area contributed by atoms with Gasteiger partial charge in [0.25, 0.3) is 0 Å². The second-order valence-corrected chi connectivity index (χ2v) is 7.43. The molecule has 0 aliphatic carbocycles. The van der Waals surface area contributed by atoms with Crippen molar-refractivity contribution in [3.8, 4) is 5.75 Å². The summed E-state index contributed by atoms with van der Waals surface area (Å²) in [6, 6.07) is 14.1. The van der Waals surface area contributed by atoms with Gasteiger partial charge in [-0.2, -0.15) is 0 Å². The fourth-order valence-electron chi connectivity index (χ4n) is 3.52. The van der Waals surface area contributed by atoms with Gasteiger partial charge in [-0.05, 0) is 43.5 Å². The third-order valence-electron chi connectivity index (χ3n) is 5.11. The number of nitrogens with one attached hydrogen (secondary N) is 2. The zero-order valence-corrected chi connectivity index (χ0v) is 21.3. The molecular weight excluding hydrogens is 519 g/mol. The maximum absolute atomic E-state index is 12.8. The largest absolute Gasteiger partial charge is 0.491 e. The molecule has 1 heterocycles. The molecular formula is C24H33IN4O3. The highest BCUT2D eigenvalue weighted by Crippen LogP contribution is 2.27. The Morgan fingerprint density at radius 1 is 1.16 bits per heavy atom. The molecule has 3 rings (SSSR count). The van der Waals surface area contributed by atoms with E-state index in [1.165, 1.54) is 5.56 Å². The van der Waals surface area contributed by atoms with Gasteiger partial charge in [-0.25, -0.2) is 4.99 Å². The van der Waals surface area contributed by atoms with Gasteiger partial charge in [0, 0.05) is 31.5 Å². The summed E-state index contributed by atoms with van der Waals surface area (Å²) in [6.07, 6.45) is 0.898. The van der Waals surface area contributed by atoms with Gasteiger partial charge in [0.1, 0.15) is 12.4 Å². The Balaban J connectivity index is 0.00000363. The zero-order valence-electron chi connectivity index (χ0n) is 19.0. The predicted molar refractivity (Wildman–Crippen MR) is 139 cm³/mol. The van der Waals surface area contributed by atoms with Gasteiger partial charge in [0.05, 0.1) is 19.7 Å². The molecule has 32 heavy (non-hydrogen) atoms. The van der Waals surface area contributed by atoms with Crippen LogP contribution in [0.15, 0.2) is 47.5 Å². The molecule has 0 atom stereocenters. The molecule has 7 nitrogen and oxygen atoms in total. The lowest BCUT2D eigenvalue weighted by Gasteiger charge is -2.19. The van der Waals surface area contributed by atoms with E-state index < -0.39 is 0 Å². The zero-order chi connectivity index (χ0) is 22.1. The minimum absolute atomic E-state index is 0. The van der Waals surface area contributed by atoms with Crippen molar-refractivity contribution in [2.75, 3.05) is 44.9 Å². The smallest absolute Gasteiger partial charge is 0.246 e. The fourth-order valence-corrected chi connectivity index (χ4v) is 3.52. The van der Waals surface area contributed by atoms with Crippen molar-refractivity contribution in [3.05, 3.63) is 59.2 Å². The second-order valence-electron chi connectivity index (χ2n) is 7.43. The third-order valence-corrected chi connectivity index (χ3v) is 5.11. The van der Waals surface area contributed by atoms with Crippen molar-refractivity contribution in [3.63, 3.8) is 0 Å². The van der Waals surface area contributed by atoms with Gasteiger partial charge < -0.3 is 25.0 Å². The first-order valence-corrected chi connectivity index (χ1v) is 10.7. The number of guanidine groups is 1. The van der Waals surface area contributed by atoms with Crippen molar-refractivity contribution < 1.29 is 14.3 Å². The SMILES string of the molecule is CCNC(=NCc1ccc(C)cc1OCCOC)NCC(=O)N1CCc2ccccc21.I. The van der Waals surface area contributed by atoms with Crippen LogP contribution in [0.4, 0.5) is 5.69 Å². The second kappa shape index (κ2) is 13.3. The third kappa shape index (κ3) is 7.09. The quantitative estimate of drug-likeness (QED) is 0.216. The van der Waals surface area contributed by atoms with E-state index in [0.717, 1.165) is 35.5 Å². The number of ether oxygens (including phenoxy) is 2. The summed E-state index contributed by atoms with van der Waals surface area (Å²) >= 11 is 0. The minimum Gasteiger partial charge on any atom is -0.491 e. The van der Waals surface area contributed by atoms with Crippen molar-refractivity contribution >= 4 is 41.5 Å². The van der Waals surface area contributed by atoms with Crippen LogP contribution in [0.1, 0.15) is 23.6 Å². The number of halogens is 1. The van der Waals surface area contributed by atoms with E-state index in [1.54, 1.807) is 7.11 Å². The summed E-state index contributed by atoms with van der Waals surface area (Å²) in [6.45, 7) is 7.11. The molecule has 1 amide bonds. The number of fused-ring (bicyclic) bond motifs is 1. The molecule has 0 saturated carbocycles. The van der Waals surface area contributed by atoms with Crippen LogP contribution in [-0.2, 0) is 22.5 Å². The molecule has 0 fully saturated rings. The highest BCUT2D eigenvalue weighted by Gasteiger charge is 2.23. The average molecular weight is 552 g/mol. The summed E-state index contributed by atoms with van der Waals surface area (Å²) in [5.41, 5.74) is 4.34. The Hall–Kier alpha value is -2.33. The van der Waals surface area contributed by atoms with Crippen LogP contribution in [-0.4, -0.2) is 51.8 Å². The van der Waals surface area contributed by atoms with E-state index in [-0.39, 0.29) is 36.4 Å². The lowest BCUT2D eigenvalue weighted by Crippen LogP contribution is -2.44. The first kappa shape index (κ1) is 25.9. The van der Waals surface area contributed by atoms with Crippen LogP contribution in [0.5, 0.6) is 5.75 Å². The number of carbonyl (C=O) groups excluding carboxylic acids is 1. The summed E-state index contributed by atoms with van der Waals surface area (Å²) in [5, 5.41) is 6.38. The molecule has 174 valence electrons. The Labute approximate surface area is 207 Å². The molecule has 1 aliphatic heterocycles. The number of carbonyl (C=O) groups is 1. The number of benzene rings is 2. The Kier molecular flexibility index (Phi) is 10.8. The molecule has 0 bridgehead atoms. The van der Waals surface area contributed by atoms with E-state index >= 15 is 0 Å². The van der Waals surface area contributed by atoms with Crippen LogP contribution in [0, 0.1) is 6.92 Å². The van der Waals surface area contributed by atoms with Gasteiger partial charge in [-0.3, -0.25) is 4.79 Å². The van der Waals surface area contributed by atoms with E-state index in [4.69, 9.17) is 9.47 Å². The highest BCUT2D eigenvalue weighted by molar-refractivity contribution is 14.0. The van der Waals surface area contributed by atoms with Crippen LogP contribution in [0.25, 0.3) is 0 Å². The number of aryl methyl sites for hydroxylation is 1. The number of nitrogens with zero attached hydrogens (tertiary/aromatic N) is 2. The number of aliphatic imine (C=N–C) groups is 1. The summed E-state index contributed by atoms with van der Waals surface area (Å²) in [5.74, 6) is 1.45. The van der Waals surface area contributed by atoms with Crippen LogP contribution >= 0.6 is 24.0 Å². The molecule has 0 unspecified atom stereocenters. The first-order chi connectivity index (χ1) is 15.1. The molecule has 2 aromatic rings. The number of amides is 1. The topological polar surface area (TPSA) is 75.2 Å². The fraction of sp³-hybridized carbons (Fsp3) is 0.417. The molecule has 0 radical (unpaired) electrons. The first-order valence-electron chi connectivity index (χ1n) is 10.7. The number of methoxy groups -OCH3 is 1. The van der Waals surface area contributed by atoms with Gasteiger partial charge in [-0.15, -0.1) is 24.0 Å². The number of para-hydroxylation sites is 1. The molecule has 0 saturated heterocycles. The van der Waals surface area contributed by atoms with Gasteiger partial charge in [0.15, 0.2) is 5.96 Å². The lowest BCUT2D eigenvalue weighted by atomic mass is 10.1. The van der Waals surface area contributed by atoms with Crippen molar-refractivity contribution in [1.82, 2.24) is 10.6 Å². The van der Waals surface area contributed by atoms with Gasteiger partial charge >= 0.3 is 0 Å². The Morgan fingerprint density at radius 2 is 1.97 bits per heavy atom. The van der Waals surface area contributed by atoms with Gasteiger partial charge in [-0.1, -0.05) is 30.3 Å². The van der Waals surface area contributed by atoms with E-state index in [9.17, 15) is 4.79 Å². The number of rotatable bonds is 9. The molecule has 8 heteroatoms. The van der Waals surface area contributed by atoms with Crippen LogP contribution in [0.2, 0.25) is 0 Å². The minimum atomic E-state index is 0. The summed E-state index contributed by atoms with van der Waals surface area (Å²) in [7, 11) is 1.65. The Morgan fingerprint density at radius 3 is 2.75 bits per heavy atom. The molecule has 0 aromatic heterocycles. The maximum Gasteiger partial charge on any atom is 0.246 e. The van der Waals surface area contributed by atoms with Crippen molar-refractivity contribution in [2.24, 2.45) is 4.99 Å². The average Bonchev–Trinajstić information content (AvgIpc) is 3.21. The van der Waals surface area contributed by atoms with Crippen LogP contribution in [0.3, 0.4) is 0 Å². The van der Waals surface area contributed by atoms with Gasteiger partial charge in [0.2, 0.25) is 5.91 Å².